The van der Waals surface area contributed by atoms with Crippen LogP contribution in [0.3, 0.4) is 0 Å². The summed E-state index contributed by atoms with van der Waals surface area (Å²) in [6.45, 7) is 0. The molecular formula is C13H10N2O3S. The number of H-pyrrole nitrogens is 1. The zero-order valence-corrected chi connectivity index (χ0v) is 10.6. The van der Waals surface area contributed by atoms with E-state index in [-0.39, 0.29) is 5.76 Å². The Hall–Kier alpha value is -2.21. The van der Waals surface area contributed by atoms with Crippen molar-refractivity contribution in [1.82, 2.24) is 9.97 Å². The number of aromatic nitrogens is 2. The highest BCUT2D eigenvalue weighted by Gasteiger charge is 2.10. The van der Waals surface area contributed by atoms with E-state index in [9.17, 15) is 4.79 Å². The number of hydrogen-bond acceptors (Lipinski definition) is 4. The van der Waals surface area contributed by atoms with Gasteiger partial charge in [0.05, 0.1) is 16.8 Å². The lowest BCUT2D eigenvalue weighted by atomic mass is 10.3. The number of furan rings is 1. The van der Waals surface area contributed by atoms with Crippen LogP contribution in [-0.2, 0) is 5.75 Å². The van der Waals surface area contributed by atoms with Crippen molar-refractivity contribution in [2.75, 3.05) is 0 Å². The number of benzene rings is 1. The molecule has 96 valence electrons. The van der Waals surface area contributed by atoms with Gasteiger partial charge in [0, 0.05) is 0 Å². The summed E-state index contributed by atoms with van der Waals surface area (Å²) in [4.78, 5) is 18.3. The van der Waals surface area contributed by atoms with Crippen molar-refractivity contribution in [3.05, 3.63) is 48.0 Å². The Morgan fingerprint density at radius 2 is 2.16 bits per heavy atom. The quantitative estimate of drug-likeness (QED) is 0.714. The van der Waals surface area contributed by atoms with Gasteiger partial charge >= 0.3 is 5.97 Å². The molecular weight excluding hydrogens is 264 g/mol. The Kier molecular flexibility index (Phi) is 3.00. The number of fused-ring (bicyclic) bond motifs is 1. The number of rotatable bonds is 4. The fourth-order valence-corrected chi connectivity index (χ4v) is 2.45. The Morgan fingerprint density at radius 1 is 1.32 bits per heavy atom. The van der Waals surface area contributed by atoms with Gasteiger partial charge in [-0.25, -0.2) is 9.78 Å². The van der Waals surface area contributed by atoms with Gasteiger partial charge in [0.25, 0.3) is 0 Å². The first-order valence-electron chi connectivity index (χ1n) is 5.62. The molecule has 19 heavy (non-hydrogen) atoms. The zero-order chi connectivity index (χ0) is 13.2. The lowest BCUT2D eigenvalue weighted by molar-refractivity contribution is 0.0656. The summed E-state index contributed by atoms with van der Waals surface area (Å²) in [7, 11) is 0. The first-order chi connectivity index (χ1) is 9.22. The van der Waals surface area contributed by atoms with E-state index < -0.39 is 5.97 Å². The molecule has 0 saturated heterocycles. The van der Waals surface area contributed by atoms with E-state index in [0.29, 0.717) is 10.8 Å². The molecule has 0 amide bonds. The predicted molar refractivity (Wildman–Crippen MR) is 71.3 cm³/mol. The Labute approximate surface area is 112 Å². The van der Waals surface area contributed by atoms with Crippen LogP contribution in [-0.4, -0.2) is 21.0 Å². The number of aromatic amines is 1. The molecule has 0 spiro atoms. The first-order valence-corrected chi connectivity index (χ1v) is 6.60. The maximum absolute atomic E-state index is 10.7. The minimum atomic E-state index is -1.06. The van der Waals surface area contributed by atoms with Gasteiger partial charge in [-0.2, -0.15) is 0 Å². The van der Waals surface area contributed by atoms with E-state index in [4.69, 9.17) is 9.52 Å². The Balaban J connectivity index is 1.72. The van der Waals surface area contributed by atoms with Gasteiger partial charge in [-0.15, -0.1) is 0 Å². The summed E-state index contributed by atoms with van der Waals surface area (Å²) < 4.78 is 5.16. The van der Waals surface area contributed by atoms with Crippen molar-refractivity contribution in [2.24, 2.45) is 0 Å². The normalized spacial score (nSPS) is 10.9. The van der Waals surface area contributed by atoms with Crippen molar-refractivity contribution in [1.29, 1.82) is 0 Å². The maximum atomic E-state index is 10.7. The van der Waals surface area contributed by atoms with Gasteiger partial charge in [-0.05, 0) is 24.3 Å². The summed E-state index contributed by atoms with van der Waals surface area (Å²) >= 11 is 1.40. The van der Waals surface area contributed by atoms with Crippen LogP contribution >= 0.6 is 11.8 Å². The van der Waals surface area contributed by atoms with Crippen LogP contribution < -0.4 is 0 Å². The number of thioether (sulfide) groups is 1. The fraction of sp³-hybridized carbons (Fsp3) is 0.0769. The molecule has 1 aromatic carbocycles. The number of nitrogens with one attached hydrogen (secondary N) is 1. The molecule has 0 radical (unpaired) electrons. The van der Waals surface area contributed by atoms with E-state index in [2.05, 4.69) is 9.97 Å². The average molecular weight is 274 g/mol. The number of nitrogens with zero attached hydrogens (tertiary/aromatic N) is 1. The van der Waals surface area contributed by atoms with Crippen LogP contribution in [0, 0.1) is 0 Å². The van der Waals surface area contributed by atoms with Crippen LogP contribution in [0.25, 0.3) is 11.0 Å². The van der Waals surface area contributed by atoms with E-state index in [1.165, 1.54) is 17.8 Å². The molecule has 2 aromatic heterocycles. The van der Waals surface area contributed by atoms with Gasteiger partial charge in [0.1, 0.15) is 5.82 Å². The van der Waals surface area contributed by atoms with Crippen molar-refractivity contribution in [2.45, 2.75) is 10.8 Å². The Morgan fingerprint density at radius 3 is 2.89 bits per heavy atom. The number of carboxylic acids is 1. The second-order valence-corrected chi connectivity index (χ2v) is 4.89. The van der Waals surface area contributed by atoms with E-state index in [1.54, 1.807) is 6.07 Å². The molecule has 0 aliphatic heterocycles. The molecule has 0 atom stereocenters. The van der Waals surface area contributed by atoms with Gasteiger partial charge in [-0.3, -0.25) is 0 Å². The summed E-state index contributed by atoms with van der Waals surface area (Å²) in [6.07, 6.45) is 0. The van der Waals surface area contributed by atoms with Crippen LogP contribution in [0.15, 0.2) is 45.9 Å². The molecule has 0 aliphatic rings. The topological polar surface area (TPSA) is 79.1 Å². The molecule has 0 saturated carbocycles. The zero-order valence-electron chi connectivity index (χ0n) is 9.79. The Bertz CT molecular complexity index is 699. The molecule has 0 unspecified atom stereocenters. The molecule has 0 aliphatic carbocycles. The van der Waals surface area contributed by atoms with Gasteiger partial charge in [0.15, 0.2) is 5.09 Å². The van der Waals surface area contributed by atoms with Crippen LogP contribution in [0.2, 0.25) is 0 Å². The van der Waals surface area contributed by atoms with Crippen molar-refractivity contribution >= 4 is 28.8 Å². The molecule has 5 nitrogen and oxygen atoms in total. The number of carboxylic acid groups (broad SMARTS) is 1. The lowest BCUT2D eigenvalue weighted by Crippen LogP contribution is -1.91. The summed E-state index contributed by atoms with van der Waals surface area (Å²) in [5, 5.41) is 9.32. The van der Waals surface area contributed by atoms with Crippen LogP contribution in [0.5, 0.6) is 0 Å². The molecule has 0 fully saturated rings. The van der Waals surface area contributed by atoms with Gasteiger partial charge in [0.2, 0.25) is 5.76 Å². The van der Waals surface area contributed by atoms with E-state index in [1.807, 2.05) is 24.3 Å². The molecule has 2 N–H and O–H groups in total. The number of carbonyl (C=O) groups is 1. The van der Waals surface area contributed by atoms with Crippen molar-refractivity contribution in [3.63, 3.8) is 0 Å². The molecule has 2 heterocycles. The summed E-state index contributed by atoms with van der Waals surface area (Å²) in [6, 6.07) is 10.9. The fourth-order valence-electron chi connectivity index (χ4n) is 1.73. The van der Waals surface area contributed by atoms with Crippen LogP contribution in [0.1, 0.15) is 16.4 Å². The van der Waals surface area contributed by atoms with E-state index in [0.717, 1.165) is 16.9 Å². The second-order valence-electron chi connectivity index (χ2n) is 3.91. The third-order valence-electron chi connectivity index (χ3n) is 2.58. The minimum absolute atomic E-state index is 0.0490. The maximum Gasteiger partial charge on any atom is 0.371 e. The lowest BCUT2D eigenvalue weighted by Gasteiger charge is -1.93. The summed E-state index contributed by atoms with van der Waals surface area (Å²) in [5.41, 5.74) is 1.91. The third-order valence-corrected chi connectivity index (χ3v) is 3.50. The average Bonchev–Trinajstić information content (AvgIpc) is 3.02. The smallest absolute Gasteiger partial charge is 0.371 e. The second kappa shape index (κ2) is 4.81. The third kappa shape index (κ3) is 2.48. The molecule has 3 aromatic rings. The molecule has 0 bridgehead atoms. The standard InChI is InChI=1S/C13H10N2O3S/c16-13(17)10-5-6-12(18-10)19-7-11-14-8-3-1-2-4-9(8)15-11/h1-6H,7H2,(H,14,15)(H,16,17). The van der Waals surface area contributed by atoms with Crippen LogP contribution in [0.4, 0.5) is 0 Å². The highest BCUT2D eigenvalue weighted by atomic mass is 32.2. The van der Waals surface area contributed by atoms with E-state index >= 15 is 0 Å². The first kappa shape index (κ1) is 11.9. The highest BCUT2D eigenvalue weighted by molar-refractivity contribution is 7.98. The predicted octanol–water partition coefficient (Wildman–Crippen LogP) is 3.15. The number of imidazole rings is 1. The monoisotopic (exact) mass is 274 g/mol. The largest absolute Gasteiger partial charge is 0.475 e. The number of para-hydroxylation sites is 2. The summed E-state index contributed by atoms with van der Waals surface area (Å²) in [5.74, 6) is 0.323. The number of hydrogen-bond donors (Lipinski definition) is 2. The van der Waals surface area contributed by atoms with Gasteiger partial charge < -0.3 is 14.5 Å². The van der Waals surface area contributed by atoms with Crippen molar-refractivity contribution < 1.29 is 14.3 Å². The van der Waals surface area contributed by atoms with Gasteiger partial charge in [-0.1, -0.05) is 23.9 Å². The highest BCUT2D eigenvalue weighted by Crippen LogP contribution is 2.24. The SMILES string of the molecule is O=C(O)c1ccc(SCc2nc3ccccc3[nH]2)o1. The molecule has 3 rings (SSSR count). The minimum Gasteiger partial charge on any atom is -0.475 e. The molecule has 6 heteroatoms. The van der Waals surface area contributed by atoms with Crippen molar-refractivity contribution in [3.8, 4) is 0 Å². The number of aromatic carboxylic acids is 1.